The molecular weight excluding hydrogens is 272 g/mol. The Balaban J connectivity index is 1.81. The fourth-order valence-corrected chi connectivity index (χ4v) is 2.31. The van der Waals surface area contributed by atoms with Crippen LogP contribution in [0, 0.1) is 0 Å². The average Bonchev–Trinajstić information content (AvgIpc) is 2.61. The third-order valence-electron chi connectivity index (χ3n) is 3.45. The first kappa shape index (κ1) is 14.0. The van der Waals surface area contributed by atoms with E-state index in [0.29, 0.717) is 12.1 Å². The highest BCUT2D eigenvalue weighted by atomic mass is 16.1. The van der Waals surface area contributed by atoms with Gasteiger partial charge in [0, 0.05) is 24.5 Å². The van der Waals surface area contributed by atoms with Gasteiger partial charge in [-0.25, -0.2) is 0 Å². The number of pyridine rings is 1. The van der Waals surface area contributed by atoms with Gasteiger partial charge in [0.05, 0.1) is 5.56 Å². The third kappa shape index (κ3) is 3.20. The van der Waals surface area contributed by atoms with Crippen LogP contribution in [0.3, 0.4) is 0 Å². The van der Waals surface area contributed by atoms with Gasteiger partial charge in [-0.15, -0.1) is 0 Å². The van der Waals surface area contributed by atoms with E-state index in [-0.39, 0.29) is 5.91 Å². The molecule has 0 saturated carbocycles. The lowest BCUT2D eigenvalue weighted by Crippen LogP contribution is -2.23. The number of nitrogens with one attached hydrogen (secondary N) is 1. The number of benzene rings is 2. The maximum Gasteiger partial charge on any atom is 0.252 e. The minimum atomic E-state index is -0.0925. The smallest absolute Gasteiger partial charge is 0.252 e. The Morgan fingerprint density at radius 1 is 0.909 bits per heavy atom. The lowest BCUT2D eigenvalue weighted by atomic mass is 10.0. The molecule has 1 N–H and O–H groups in total. The summed E-state index contributed by atoms with van der Waals surface area (Å²) in [6.07, 6.45) is 3.37. The lowest BCUT2D eigenvalue weighted by molar-refractivity contribution is 0.0951. The second-order valence-electron chi connectivity index (χ2n) is 4.96. The van der Waals surface area contributed by atoms with E-state index in [9.17, 15) is 4.79 Å². The van der Waals surface area contributed by atoms with Gasteiger partial charge in [-0.05, 0) is 17.2 Å². The Hall–Kier alpha value is -2.94. The molecule has 0 aliphatic heterocycles. The molecule has 0 aliphatic carbocycles. The number of hydrogen-bond donors (Lipinski definition) is 1. The minimum Gasteiger partial charge on any atom is -0.348 e. The van der Waals surface area contributed by atoms with Crippen molar-refractivity contribution in [3.63, 3.8) is 0 Å². The van der Waals surface area contributed by atoms with Crippen LogP contribution in [0.4, 0.5) is 0 Å². The summed E-state index contributed by atoms with van der Waals surface area (Å²) in [5.74, 6) is -0.0925. The minimum absolute atomic E-state index is 0.0925. The quantitative estimate of drug-likeness (QED) is 0.795. The molecule has 108 valence electrons. The van der Waals surface area contributed by atoms with Crippen molar-refractivity contribution in [2.24, 2.45) is 0 Å². The summed E-state index contributed by atoms with van der Waals surface area (Å²) >= 11 is 0. The number of amides is 1. The van der Waals surface area contributed by atoms with Crippen LogP contribution in [0.5, 0.6) is 0 Å². The highest BCUT2D eigenvalue weighted by Crippen LogP contribution is 2.22. The first-order valence-corrected chi connectivity index (χ1v) is 7.16. The molecule has 0 aliphatic rings. The number of rotatable bonds is 4. The van der Waals surface area contributed by atoms with Gasteiger partial charge in [-0.3, -0.25) is 9.78 Å². The van der Waals surface area contributed by atoms with Crippen molar-refractivity contribution in [1.29, 1.82) is 0 Å². The van der Waals surface area contributed by atoms with E-state index in [4.69, 9.17) is 0 Å². The number of aromatic nitrogens is 1. The van der Waals surface area contributed by atoms with Crippen LogP contribution < -0.4 is 5.32 Å². The van der Waals surface area contributed by atoms with Crippen molar-refractivity contribution in [1.82, 2.24) is 10.3 Å². The second kappa shape index (κ2) is 6.68. The largest absolute Gasteiger partial charge is 0.348 e. The predicted octanol–water partition coefficient (Wildman–Crippen LogP) is 3.68. The zero-order chi connectivity index (χ0) is 15.2. The van der Waals surface area contributed by atoms with Crippen LogP contribution in [0.25, 0.3) is 11.1 Å². The average molecular weight is 288 g/mol. The van der Waals surface area contributed by atoms with E-state index in [0.717, 1.165) is 16.7 Å². The van der Waals surface area contributed by atoms with E-state index in [1.54, 1.807) is 18.5 Å². The number of carbonyl (C=O) groups excluding carboxylic acids is 1. The zero-order valence-corrected chi connectivity index (χ0v) is 12.1. The monoisotopic (exact) mass is 288 g/mol. The molecule has 0 saturated heterocycles. The molecule has 1 aromatic heterocycles. The van der Waals surface area contributed by atoms with Crippen molar-refractivity contribution in [3.8, 4) is 11.1 Å². The fourth-order valence-electron chi connectivity index (χ4n) is 2.31. The van der Waals surface area contributed by atoms with Crippen LogP contribution in [0.1, 0.15) is 15.9 Å². The molecule has 3 heteroatoms. The number of nitrogens with zero attached hydrogens (tertiary/aromatic N) is 1. The molecule has 22 heavy (non-hydrogen) atoms. The maximum absolute atomic E-state index is 12.5. The highest BCUT2D eigenvalue weighted by molar-refractivity contribution is 6.00. The van der Waals surface area contributed by atoms with Crippen LogP contribution >= 0.6 is 0 Å². The van der Waals surface area contributed by atoms with E-state index >= 15 is 0 Å². The summed E-state index contributed by atoms with van der Waals surface area (Å²) in [5.41, 5.74) is 3.54. The number of hydrogen-bond acceptors (Lipinski definition) is 2. The fraction of sp³-hybridized carbons (Fsp3) is 0.0526. The molecule has 0 radical (unpaired) electrons. The Labute approximate surface area is 129 Å². The molecule has 3 nitrogen and oxygen atoms in total. The van der Waals surface area contributed by atoms with Crippen molar-refractivity contribution in [3.05, 3.63) is 90.3 Å². The molecule has 2 aromatic carbocycles. The van der Waals surface area contributed by atoms with Gasteiger partial charge in [-0.1, -0.05) is 60.7 Å². The molecule has 1 heterocycles. The molecule has 0 bridgehead atoms. The lowest BCUT2D eigenvalue weighted by Gasteiger charge is -2.10. The summed E-state index contributed by atoms with van der Waals surface area (Å²) in [6.45, 7) is 0.510. The molecule has 3 aromatic rings. The molecular formula is C19H16N2O. The number of carbonyl (C=O) groups is 1. The van der Waals surface area contributed by atoms with Gasteiger partial charge in [0.15, 0.2) is 0 Å². The van der Waals surface area contributed by atoms with Gasteiger partial charge in [0.1, 0.15) is 0 Å². The summed E-state index contributed by atoms with van der Waals surface area (Å²) in [4.78, 5) is 16.6. The second-order valence-corrected chi connectivity index (χ2v) is 4.96. The summed E-state index contributed by atoms with van der Waals surface area (Å²) in [5, 5.41) is 2.96. The van der Waals surface area contributed by atoms with E-state index in [1.807, 2.05) is 60.7 Å². The van der Waals surface area contributed by atoms with Crippen LogP contribution in [-0.2, 0) is 6.54 Å². The van der Waals surface area contributed by atoms with Crippen LogP contribution in [0.2, 0.25) is 0 Å². The van der Waals surface area contributed by atoms with Gasteiger partial charge in [0.25, 0.3) is 5.91 Å². The van der Waals surface area contributed by atoms with E-state index < -0.39 is 0 Å². The van der Waals surface area contributed by atoms with Crippen molar-refractivity contribution < 1.29 is 4.79 Å². The molecule has 3 rings (SSSR count). The molecule has 1 amide bonds. The van der Waals surface area contributed by atoms with Gasteiger partial charge >= 0.3 is 0 Å². The molecule has 0 atom stereocenters. The summed E-state index contributed by atoms with van der Waals surface area (Å²) in [7, 11) is 0. The standard InChI is InChI=1S/C19H16N2O/c22-19(21-13-15-7-3-1-4-8-15)17-11-12-20-14-18(17)16-9-5-2-6-10-16/h1-12,14H,13H2,(H,21,22). The highest BCUT2D eigenvalue weighted by Gasteiger charge is 2.12. The van der Waals surface area contributed by atoms with Crippen LogP contribution in [0.15, 0.2) is 79.1 Å². The first-order chi connectivity index (χ1) is 10.8. The molecule has 0 fully saturated rings. The summed E-state index contributed by atoms with van der Waals surface area (Å²) < 4.78 is 0. The summed E-state index contributed by atoms with van der Waals surface area (Å²) in [6, 6.07) is 21.4. The zero-order valence-electron chi connectivity index (χ0n) is 12.1. The van der Waals surface area contributed by atoms with Crippen LogP contribution in [-0.4, -0.2) is 10.9 Å². The van der Waals surface area contributed by atoms with E-state index in [1.165, 1.54) is 0 Å². The Morgan fingerprint density at radius 2 is 1.59 bits per heavy atom. The van der Waals surface area contributed by atoms with Crippen molar-refractivity contribution in [2.45, 2.75) is 6.54 Å². The van der Waals surface area contributed by atoms with Crippen molar-refractivity contribution in [2.75, 3.05) is 0 Å². The Kier molecular flexibility index (Phi) is 4.25. The topological polar surface area (TPSA) is 42.0 Å². The van der Waals surface area contributed by atoms with Gasteiger partial charge < -0.3 is 5.32 Å². The van der Waals surface area contributed by atoms with Gasteiger partial charge in [-0.2, -0.15) is 0 Å². The Bertz CT molecular complexity index is 755. The normalized spacial score (nSPS) is 10.2. The third-order valence-corrected chi connectivity index (χ3v) is 3.45. The van der Waals surface area contributed by atoms with E-state index in [2.05, 4.69) is 10.3 Å². The molecule has 0 spiro atoms. The Morgan fingerprint density at radius 3 is 2.32 bits per heavy atom. The SMILES string of the molecule is O=C(NCc1ccccc1)c1ccncc1-c1ccccc1. The predicted molar refractivity (Wildman–Crippen MR) is 87.3 cm³/mol. The van der Waals surface area contributed by atoms with Crippen molar-refractivity contribution >= 4 is 5.91 Å². The first-order valence-electron chi connectivity index (χ1n) is 7.16. The maximum atomic E-state index is 12.5. The van der Waals surface area contributed by atoms with Gasteiger partial charge in [0.2, 0.25) is 0 Å². The molecule has 0 unspecified atom stereocenters.